The molecule has 0 bridgehead atoms. The van der Waals surface area contributed by atoms with Crippen molar-refractivity contribution in [3.8, 4) is 5.75 Å². The van der Waals surface area contributed by atoms with Crippen molar-refractivity contribution in [1.29, 1.82) is 0 Å². The number of nitrogens with zero attached hydrogens (tertiary/aromatic N) is 1. The summed E-state index contributed by atoms with van der Waals surface area (Å²) in [5, 5.41) is 5.64. The molecule has 2 N–H and O–H groups in total. The van der Waals surface area contributed by atoms with E-state index in [4.69, 9.17) is 4.74 Å². The molecule has 6 nitrogen and oxygen atoms in total. The minimum absolute atomic E-state index is 0.103. The van der Waals surface area contributed by atoms with E-state index in [1.54, 1.807) is 35.2 Å². The highest BCUT2D eigenvalue weighted by Gasteiger charge is 2.20. The summed E-state index contributed by atoms with van der Waals surface area (Å²) in [6.45, 7) is 1.72. The van der Waals surface area contributed by atoms with Crippen molar-refractivity contribution in [2.75, 3.05) is 23.3 Å². The van der Waals surface area contributed by atoms with Gasteiger partial charge in [-0.25, -0.2) is 4.79 Å². The van der Waals surface area contributed by atoms with Crippen LogP contribution in [0.4, 0.5) is 16.2 Å². The second kappa shape index (κ2) is 8.48. The molecule has 146 valence electrons. The number of urea groups is 1. The van der Waals surface area contributed by atoms with Gasteiger partial charge in [-0.1, -0.05) is 36.4 Å². The van der Waals surface area contributed by atoms with E-state index in [0.29, 0.717) is 36.7 Å². The highest BCUT2D eigenvalue weighted by molar-refractivity contribution is 6.04. The van der Waals surface area contributed by atoms with Crippen molar-refractivity contribution in [2.45, 2.75) is 6.61 Å². The molecule has 1 heterocycles. The molecule has 0 unspecified atom stereocenters. The summed E-state index contributed by atoms with van der Waals surface area (Å²) in [4.78, 5) is 26.0. The van der Waals surface area contributed by atoms with E-state index in [1.165, 1.54) is 0 Å². The summed E-state index contributed by atoms with van der Waals surface area (Å²) in [6.07, 6.45) is 0. The van der Waals surface area contributed by atoms with Crippen LogP contribution in [0.5, 0.6) is 5.75 Å². The zero-order valence-electron chi connectivity index (χ0n) is 15.8. The molecule has 1 fully saturated rings. The number of benzene rings is 3. The van der Waals surface area contributed by atoms with E-state index in [2.05, 4.69) is 10.6 Å². The number of hydrogen-bond acceptors (Lipinski definition) is 3. The maximum Gasteiger partial charge on any atom is 0.321 e. The Hall–Kier alpha value is -3.80. The largest absolute Gasteiger partial charge is 0.489 e. The lowest BCUT2D eigenvalue weighted by molar-refractivity contribution is 0.102. The lowest BCUT2D eigenvalue weighted by atomic mass is 10.2. The molecule has 0 aliphatic carbocycles. The lowest BCUT2D eigenvalue weighted by Gasteiger charge is -2.15. The maximum absolute atomic E-state index is 12.6. The lowest BCUT2D eigenvalue weighted by Crippen LogP contribution is -2.27. The predicted molar refractivity (Wildman–Crippen MR) is 112 cm³/mol. The first kappa shape index (κ1) is 18.6. The highest BCUT2D eigenvalue weighted by Crippen LogP contribution is 2.21. The number of carbonyl (C=O) groups excluding carboxylic acids is 2. The van der Waals surface area contributed by atoms with Crippen molar-refractivity contribution >= 4 is 23.3 Å². The Labute approximate surface area is 169 Å². The first-order valence-corrected chi connectivity index (χ1v) is 9.43. The van der Waals surface area contributed by atoms with Gasteiger partial charge in [0.15, 0.2) is 0 Å². The average molecular weight is 387 g/mol. The highest BCUT2D eigenvalue weighted by atomic mass is 16.5. The molecule has 0 saturated carbocycles. The topological polar surface area (TPSA) is 70.7 Å². The van der Waals surface area contributed by atoms with Crippen LogP contribution in [0.25, 0.3) is 0 Å². The van der Waals surface area contributed by atoms with Crippen LogP contribution in [0, 0.1) is 0 Å². The fourth-order valence-electron chi connectivity index (χ4n) is 3.11. The summed E-state index contributed by atoms with van der Waals surface area (Å²) < 4.78 is 5.79. The number of hydrogen-bond donors (Lipinski definition) is 2. The molecule has 3 aromatic rings. The molecular formula is C23H21N3O3. The Bertz CT molecular complexity index is 1000. The number of anilines is 2. The Kier molecular flexibility index (Phi) is 5.42. The van der Waals surface area contributed by atoms with E-state index in [-0.39, 0.29) is 11.9 Å². The number of ether oxygens (including phenoxy) is 1. The summed E-state index contributed by atoms with van der Waals surface area (Å²) in [6, 6.07) is 24.1. The van der Waals surface area contributed by atoms with Gasteiger partial charge in [0.25, 0.3) is 5.91 Å². The summed E-state index contributed by atoms with van der Waals surface area (Å²) in [5.74, 6) is 0.415. The molecule has 1 saturated heterocycles. The molecular weight excluding hydrogens is 366 g/mol. The second-order valence-electron chi connectivity index (χ2n) is 6.69. The summed E-state index contributed by atoms with van der Waals surface area (Å²) in [5.41, 5.74) is 3.04. The minimum atomic E-state index is -0.221. The molecule has 0 radical (unpaired) electrons. The third-order valence-electron chi connectivity index (χ3n) is 4.64. The molecule has 6 heteroatoms. The smallest absolute Gasteiger partial charge is 0.321 e. The number of nitrogens with one attached hydrogen (secondary N) is 2. The fraction of sp³-hybridized carbons (Fsp3) is 0.130. The standard InChI is InChI=1S/C23H21N3O3/c27-22(25-19-9-11-20(12-10-19)26-14-13-24-23(26)28)18-7-4-8-21(15-18)29-16-17-5-2-1-3-6-17/h1-12,15H,13-14,16H2,(H,24,28)(H,25,27). The van der Waals surface area contributed by atoms with Crippen molar-refractivity contribution in [2.24, 2.45) is 0 Å². The number of rotatable bonds is 6. The molecule has 1 aliphatic heterocycles. The quantitative estimate of drug-likeness (QED) is 0.670. The first-order chi connectivity index (χ1) is 14.2. The van der Waals surface area contributed by atoms with Crippen LogP contribution < -0.4 is 20.3 Å². The Morgan fingerprint density at radius 3 is 2.52 bits per heavy atom. The molecule has 3 aromatic carbocycles. The van der Waals surface area contributed by atoms with Crippen molar-refractivity contribution in [3.63, 3.8) is 0 Å². The SMILES string of the molecule is O=C(Nc1ccc(N2CCNC2=O)cc1)c1cccc(OCc2ccccc2)c1. The molecule has 29 heavy (non-hydrogen) atoms. The van der Waals surface area contributed by atoms with E-state index < -0.39 is 0 Å². The molecule has 0 aromatic heterocycles. The zero-order chi connectivity index (χ0) is 20.1. The van der Waals surface area contributed by atoms with Crippen LogP contribution in [-0.4, -0.2) is 25.0 Å². The van der Waals surface area contributed by atoms with Gasteiger partial charge in [0.2, 0.25) is 0 Å². The van der Waals surface area contributed by atoms with Crippen LogP contribution >= 0.6 is 0 Å². The average Bonchev–Trinajstić information content (AvgIpc) is 3.19. The van der Waals surface area contributed by atoms with Gasteiger partial charge in [-0.15, -0.1) is 0 Å². The third kappa shape index (κ3) is 4.55. The molecule has 3 amide bonds. The van der Waals surface area contributed by atoms with Gasteiger partial charge in [0, 0.05) is 30.0 Å². The molecule has 1 aliphatic rings. The number of amides is 3. The van der Waals surface area contributed by atoms with Crippen LogP contribution in [0.15, 0.2) is 78.9 Å². The molecule has 0 spiro atoms. The zero-order valence-corrected chi connectivity index (χ0v) is 15.8. The third-order valence-corrected chi connectivity index (χ3v) is 4.64. The van der Waals surface area contributed by atoms with Crippen molar-refractivity contribution in [1.82, 2.24) is 5.32 Å². The van der Waals surface area contributed by atoms with Gasteiger partial charge in [0.05, 0.1) is 0 Å². The molecule has 4 rings (SSSR count). The van der Waals surface area contributed by atoms with E-state index in [0.717, 1.165) is 11.3 Å². The Balaban J connectivity index is 1.38. The van der Waals surface area contributed by atoms with E-state index in [1.807, 2.05) is 48.5 Å². The first-order valence-electron chi connectivity index (χ1n) is 9.43. The monoisotopic (exact) mass is 387 g/mol. The number of carbonyl (C=O) groups is 2. The van der Waals surface area contributed by atoms with Crippen LogP contribution in [0.2, 0.25) is 0 Å². The predicted octanol–water partition coefficient (Wildman–Crippen LogP) is 4.05. The Morgan fingerprint density at radius 1 is 1.00 bits per heavy atom. The minimum Gasteiger partial charge on any atom is -0.489 e. The second-order valence-corrected chi connectivity index (χ2v) is 6.69. The van der Waals surface area contributed by atoms with Gasteiger partial charge >= 0.3 is 6.03 Å². The van der Waals surface area contributed by atoms with Crippen molar-refractivity contribution < 1.29 is 14.3 Å². The van der Waals surface area contributed by atoms with E-state index in [9.17, 15) is 9.59 Å². The van der Waals surface area contributed by atoms with E-state index >= 15 is 0 Å². The fourth-order valence-corrected chi connectivity index (χ4v) is 3.11. The van der Waals surface area contributed by atoms with Gasteiger partial charge in [-0.05, 0) is 48.0 Å². The molecule has 0 atom stereocenters. The normalized spacial score (nSPS) is 13.1. The van der Waals surface area contributed by atoms with Gasteiger partial charge in [0.1, 0.15) is 12.4 Å². The Morgan fingerprint density at radius 2 is 1.79 bits per heavy atom. The van der Waals surface area contributed by atoms with Crippen LogP contribution in [0.1, 0.15) is 15.9 Å². The van der Waals surface area contributed by atoms with Crippen LogP contribution in [0.3, 0.4) is 0 Å². The van der Waals surface area contributed by atoms with Gasteiger partial charge < -0.3 is 15.4 Å². The summed E-state index contributed by atoms with van der Waals surface area (Å²) in [7, 11) is 0. The summed E-state index contributed by atoms with van der Waals surface area (Å²) >= 11 is 0. The van der Waals surface area contributed by atoms with Gasteiger partial charge in [-0.3, -0.25) is 9.69 Å². The van der Waals surface area contributed by atoms with Crippen molar-refractivity contribution in [3.05, 3.63) is 90.0 Å². The maximum atomic E-state index is 12.6. The van der Waals surface area contributed by atoms with Gasteiger partial charge in [-0.2, -0.15) is 0 Å². The van der Waals surface area contributed by atoms with Crippen LogP contribution in [-0.2, 0) is 6.61 Å².